The van der Waals surface area contributed by atoms with Gasteiger partial charge in [-0.05, 0) is 12.8 Å². The fraction of sp³-hybridized carbons (Fsp3) is 0.727. The maximum absolute atomic E-state index is 11.7. The normalized spacial score (nSPS) is 25.7. The third kappa shape index (κ3) is 2.03. The molecule has 98 valence electrons. The van der Waals surface area contributed by atoms with Gasteiger partial charge in [0.05, 0.1) is 12.4 Å². The molecule has 1 aliphatic heterocycles. The molecule has 0 bridgehead atoms. The Labute approximate surface area is 113 Å². The smallest absolute Gasteiger partial charge is 0.321 e. The molecule has 1 unspecified atom stereocenters. The number of aromatic nitrogens is 2. The van der Waals surface area contributed by atoms with Crippen LogP contribution in [0.15, 0.2) is 4.52 Å². The van der Waals surface area contributed by atoms with Crippen LogP contribution in [0, 0.1) is 0 Å². The predicted molar refractivity (Wildman–Crippen MR) is 69.8 cm³/mol. The average molecular weight is 286 g/mol. The Hall–Kier alpha value is -0.690. The highest BCUT2D eigenvalue weighted by Gasteiger charge is 2.57. The lowest BCUT2D eigenvalue weighted by molar-refractivity contribution is -0.144. The highest BCUT2D eigenvalue weighted by molar-refractivity contribution is 8.06. The summed E-state index contributed by atoms with van der Waals surface area (Å²) >= 11 is 3.76. The van der Waals surface area contributed by atoms with Gasteiger partial charge in [0.2, 0.25) is 5.89 Å². The lowest BCUT2D eigenvalue weighted by atomic mass is 10.1. The summed E-state index contributed by atoms with van der Waals surface area (Å²) < 4.78 is 10.1. The number of ether oxygens (including phenoxy) is 1. The van der Waals surface area contributed by atoms with Gasteiger partial charge in [-0.25, -0.2) is 0 Å². The molecule has 1 saturated carbocycles. The van der Waals surface area contributed by atoms with Crippen LogP contribution in [0.5, 0.6) is 0 Å². The first-order chi connectivity index (χ1) is 8.76. The minimum Gasteiger partial charge on any atom is -0.468 e. The largest absolute Gasteiger partial charge is 0.468 e. The number of carbonyl (C=O) groups excluding carboxylic acids is 1. The zero-order valence-corrected chi connectivity index (χ0v) is 11.7. The highest BCUT2D eigenvalue weighted by Crippen LogP contribution is 2.49. The molecular formula is C11H14N2O3S2. The molecule has 0 radical (unpaired) electrons. The summed E-state index contributed by atoms with van der Waals surface area (Å²) in [7, 11) is 1.40. The number of methoxy groups -OCH3 is 1. The van der Waals surface area contributed by atoms with Crippen LogP contribution in [0.4, 0.5) is 0 Å². The molecule has 0 N–H and O–H groups in total. The number of carbonyl (C=O) groups is 1. The maximum Gasteiger partial charge on any atom is 0.321 e. The molecule has 1 aromatic heterocycles. The lowest BCUT2D eigenvalue weighted by Crippen LogP contribution is -2.22. The Morgan fingerprint density at radius 1 is 1.50 bits per heavy atom. The van der Waals surface area contributed by atoms with Crippen molar-refractivity contribution in [1.29, 1.82) is 0 Å². The summed E-state index contributed by atoms with van der Waals surface area (Å²) in [6.07, 6.45) is 1.49. The van der Waals surface area contributed by atoms with Crippen molar-refractivity contribution in [3.8, 4) is 0 Å². The second-order valence-electron chi connectivity index (χ2n) is 4.47. The second-order valence-corrected chi connectivity index (χ2v) is 6.93. The zero-order chi connectivity index (χ0) is 12.6. The van der Waals surface area contributed by atoms with Gasteiger partial charge in [-0.3, -0.25) is 4.79 Å². The lowest BCUT2D eigenvalue weighted by Gasteiger charge is -2.17. The van der Waals surface area contributed by atoms with Gasteiger partial charge in [-0.2, -0.15) is 16.7 Å². The Morgan fingerprint density at radius 2 is 2.33 bits per heavy atom. The highest BCUT2D eigenvalue weighted by atomic mass is 32.2. The topological polar surface area (TPSA) is 65.2 Å². The van der Waals surface area contributed by atoms with Crippen molar-refractivity contribution in [3.63, 3.8) is 0 Å². The van der Waals surface area contributed by atoms with E-state index in [1.807, 2.05) is 23.5 Å². The van der Waals surface area contributed by atoms with Gasteiger partial charge >= 0.3 is 5.97 Å². The van der Waals surface area contributed by atoms with Crippen LogP contribution in [-0.4, -0.2) is 40.5 Å². The van der Waals surface area contributed by atoms with Crippen molar-refractivity contribution in [2.75, 3.05) is 24.4 Å². The van der Waals surface area contributed by atoms with Gasteiger partial charge in [0.1, 0.15) is 5.41 Å². The molecule has 0 aromatic carbocycles. The molecule has 2 fully saturated rings. The van der Waals surface area contributed by atoms with Crippen LogP contribution in [-0.2, 0) is 14.9 Å². The molecule has 1 atom stereocenters. The minimum atomic E-state index is -0.646. The van der Waals surface area contributed by atoms with Crippen molar-refractivity contribution in [2.45, 2.75) is 23.5 Å². The molecule has 1 saturated heterocycles. The number of nitrogens with zero attached hydrogens (tertiary/aromatic N) is 2. The number of thioether (sulfide) groups is 2. The van der Waals surface area contributed by atoms with E-state index in [0.717, 1.165) is 30.2 Å². The Bertz CT molecular complexity index is 453. The van der Waals surface area contributed by atoms with Crippen LogP contribution in [0.2, 0.25) is 0 Å². The Balaban J connectivity index is 1.79. The van der Waals surface area contributed by atoms with E-state index in [1.54, 1.807) is 0 Å². The van der Waals surface area contributed by atoms with Crippen molar-refractivity contribution >= 4 is 29.5 Å². The SMILES string of the molecule is COC(=O)C1(c2nc(C3CSCCS3)no2)CC1. The maximum atomic E-state index is 11.7. The molecule has 0 amide bonds. The van der Waals surface area contributed by atoms with E-state index in [9.17, 15) is 4.79 Å². The van der Waals surface area contributed by atoms with Gasteiger partial charge in [0, 0.05) is 17.3 Å². The number of esters is 1. The number of hydrogen-bond donors (Lipinski definition) is 0. The molecular weight excluding hydrogens is 272 g/mol. The Kier molecular flexibility index (Phi) is 3.27. The fourth-order valence-electron chi connectivity index (χ4n) is 2.02. The van der Waals surface area contributed by atoms with Gasteiger partial charge in [-0.15, -0.1) is 11.8 Å². The molecule has 3 rings (SSSR count). The van der Waals surface area contributed by atoms with Crippen LogP contribution in [0.1, 0.15) is 29.8 Å². The first kappa shape index (κ1) is 12.3. The first-order valence-electron chi connectivity index (χ1n) is 5.88. The van der Waals surface area contributed by atoms with E-state index < -0.39 is 5.41 Å². The van der Waals surface area contributed by atoms with Crippen molar-refractivity contribution in [3.05, 3.63) is 11.7 Å². The number of hydrogen-bond acceptors (Lipinski definition) is 7. The molecule has 2 aliphatic rings. The third-order valence-corrected chi connectivity index (χ3v) is 6.03. The van der Waals surface area contributed by atoms with Crippen molar-refractivity contribution in [1.82, 2.24) is 10.1 Å². The summed E-state index contributed by atoms with van der Waals surface area (Å²) in [4.78, 5) is 16.1. The second kappa shape index (κ2) is 4.77. The van der Waals surface area contributed by atoms with Gasteiger partial charge in [0.25, 0.3) is 0 Å². The van der Waals surface area contributed by atoms with E-state index >= 15 is 0 Å². The van der Waals surface area contributed by atoms with Crippen LogP contribution in [0.25, 0.3) is 0 Å². The van der Waals surface area contributed by atoms with Gasteiger partial charge in [-0.1, -0.05) is 5.16 Å². The predicted octanol–water partition coefficient (Wildman–Crippen LogP) is 1.80. The standard InChI is InChI=1S/C11H14N2O3S2/c1-15-10(14)11(2-3-11)9-12-8(13-16-9)7-6-17-4-5-18-7/h7H,2-6H2,1H3. The molecule has 5 nitrogen and oxygen atoms in total. The summed E-state index contributed by atoms with van der Waals surface area (Å²) in [5, 5.41) is 4.32. The molecule has 7 heteroatoms. The molecule has 1 aromatic rings. The van der Waals surface area contributed by atoms with Crippen molar-refractivity contribution < 1.29 is 14.1 Å². The van der Waals surface area contributed by atoms with E-state index in [-0.39, 0.29) is 11.2 Å². The van der Waals surface area contributed by atoms with E-state index in [1.165, 1.54) is 12.9 Å². The van der Waals surface area contributed by atoms with E-state index in [2.05, 4.69) is 10.1 Å². The van der Waals surface area contributed by atoms with Gasteiger partial charge in [0.15, 0.2) is 5.82 Å². The minimum absolute atomic E-state index is 0.261. The fourth-order valence-corrected chi connectivity index (χ4v) is 4.61. The third-order valence-electron chi connectivity index (χ3n) is 3.28. The zero-order valence-electron chi connectivity index (χ0n) is 10.0. The summed E-state index contributed by atoms with van der Waals surface area (Å²) in [5.41, 5.74) is -0.646. The summed E-state index contributed by atoms with van der Waals surface area (Å²) in [6, 6.07) is 0. The quantitative estimate of drug-likeness (QED) is 0.785. The average Bonchev–Trinajstić information content (AvgIpc) is 3.09. The van der Waals surface area contributed by atoms with E-state index in [0.29, 0.717) is 5.89 Å². The van der Waals surface area contributed by atoms with E-state index in [4.69, 9.17) is 9.26 Å². The Morgan fingerprint density at radius 3 is 2.94 bits per heavy atom. The monoisotopic (exact) mass is 286 g/mol. The van der Waals surface area contributed by atoms with Crippen LogP contribution in [0.3, 0.4) is 0 Å². The first-order valence-corrected chi connectivity index (χ1v) is 8.08. The van der Waals surface area contributed by atoms with Crippen molar-refractivity contribution in [2.24, 2.45) is 0 Å². The van der Waals surface area contributed by atoms with Crippen LogP contribution < -0.4 is 0 Å². The molecule has 0 spiro atoms. The van der Waals surface area contributed by atoms with Gasteiger partial charge < -0.3 is 9.26 Å². The molecule has 18 heavy (non-hydrogen) atoms. The van der Waals surface area contributed by atoms with Crippen LogP contribution >= 0.6 is 23.5 Å². The summed E-state index contributed by atoms with van der Waals surface area (Å²) in [5.74, 6) is 4.19. The molecule has 1 aliphatic carbocycles. The molecule has 2 heterocycles. The summed E-state index contributed by atoms with van der Waals surface area (Å²) in [6.45, 7) is 0. The number of rotatable bonds is 3.